The summed E-state index contributed by atoms with van der Waals surface area (Å²) < 4.78 is 28.5. The quantitative estimate of drug-likeness (QED) is 0.867. The maximum absolute atomic E-state index is 12.6. The Morgan fingerprint density at radius 2 is 2.00 bits per heavy atom. The highest BCUT2D eigenvalue weighted by Gasteiger charge is 2.33. The van der Waals surface area contributed by atoms with Crippen LogP contribution in [0, 0.1) is 6.92 Å². The molecule has 1 atom stereocenters. The summed E-state index contributed by atoms with van der Waals surface area (Å²) in [6.07, 6.45) is 4.40. The number of aryl methyl sites for hydroxylation is 1. The molecule has 2 aromatic rings. The van der Waals surface area contributed by atoms with Crippen molar-refractivity contribution in [3.63, 3.8) is 0 Å². The predicted molar refractivity (Wildman–Crippen MR) is 75.8 cm³/mol. The van der Waals surface area contributed by atoms with Crippen molar-refractivity contribution < 1.29 is 8.42 Å². The zero-order chi connectivity index (χ0) is 14.2. The fourth-order valence-corrected chi connectivity index (χ4v) is 3.99. The van der Waals surface area contributed by atoms with E-state index >= 15 is 0 Å². The lowest BCUT2D eigenvalue weighted by Gasteiger charge is -2.17. The summed E-state index contributed by atoms with van der Waals surface area (Å²) in [6.45, 7) is 2.97. The van der Waals surface area contributed by atoms with Crippen LogP contribution < -0.4 is 0 Å². The Labute approximate surface area is 118 Å². The molecule has 1 aromatic carbocycles. The van der Waals surface area contributed by atoms with Crippen molar-refractivity contribution in [2.45, 2.75) is 24.3 Å². The summed E-state index contributed by atoms with van der Waals surface area (Å²) >= 11 is 0. The molecule has 3 rings (SSSR count). The van der Waals surface area contributed by atoms with E-state index in [1.807, 2.05) is 36.0 Å². The maximum Gasteiger partial charge on any atom is 0.243 e. The number of nitrogens with zero attached hydrogens (tertiary/aromatic N) is 3. The van der Waals surface area contributed by atoms with Crippen molar-refractivity contribution in [3.05, 3.63) is 48.3 Å². The summed E-state index contributed by atoms with van der Waals surface area (Å²) in [5, 5.41) is 4.19. The third kappa shape index (κ3) is 2.36. The highest BCUT2D eigenvalue weighted by atomic mass is 32.2. The molecular formula is C14H17N3O2S. The Morgan fingerprint density at radius 3 is 2.65 bits per heavy atom. The second-order valence-corrected chi connectivity index (χ2v) is 7.04. The lowest BCUT2D eigenvalue weighted by atomic mass is 10.2. The molecule has 0 N–H and O–H groups in total. The third-order valence-electron chi connectivity index (χ3n) is 3.68. The zero-order valence-corrected chi connectivity index (χ0v) is 12.1. The van der Waals surface area contributed by atoms with Crippen LogP contribution in [0.25, 0.3) is 0 Å². The standard InChI is InChI=1S/C14H17N3O2S/c1-12-3-5-14(6-4-12)20(18,19)16-10-7-13(11-16)17-9-2-8-15-17/h2-6,8-9,13H,7,10-11H2,1H3. The topological polar surface area (TPSA) is 55.2 Å². The van der Waals surface area contributed by atoms with Gasteiger partial charge in [-0.05, 0) is 31.5 Å². The van der Waals surface area contributed by atoms with Crippen LogP contribution in [-0.4, -0.2) is 35.6 Å². The van der Waals surface area contributed by atoms with Crippen molar-refractivity contribution in [3.8, 4) is 0 Å². The van der Waals surface area contributed by atoms with Crippen molar-refractivity contribution in [2.75, 3.05) is 13.1 Å². The maximum atomic E-state index is 12.6. The van der Waals surface area contributed by atoms with Crippen LogP contribution >= 0.6 is 0 Å². The number of rotatable bonds is 3. The molecule has 1 aliphatic heterocycles. The van der Waals surface area contributed by atoms with E-state index in [-0.39, 0.29) is 6.04 Å². The van der Waals surface area contributed by atoms with Gasteiger partial charge < -0.3 is 0 Å². The van der Waals surface area contributed by atoms with E-state index in [2.05, 4.69) is 5.10 Å². The summed E-state index contributed by atoms with van der Waals surface area (Å²) in [4.78, 5) is 0.365. The normalized spacial score (nSPS) is 20.4. The van der Waals surface area contributed by atoms with Crippen LogP contribution in [-0.2, 0) is 10.0 Å². The first-order valence-electron chi connectivity index (χ1n) is 6.63. The Bertz CT molecular complexity index is 678. The minimum Gasteiger partial charge on any atom is -0.268 e. The number of sulfonamides is 1. The summed E-state index contributed by atoms with van der Waals surface area (Å²) in [6, 6.07) is 8.99. The van der Waals surface area contributed by atoms with Crippen LogP contribution in [0.5, 0.6) is 0 Å². The molecule has 2 heterocycles. The average Bonchev–Trinajstić information content (AvgIpc) is 3.10. The lowest BCUT2D eigenvalue weighted by molar-refractivity contribution is 0.434. The van der Waals surface area contributed by atoms with Crippen LogP contribution in [0.1, 0.15) is 18.0 Å². The number of benzene rings is 1. The van der Waals surface area contributed by atoms with E-state index in [1.54, 1.807) is 22.6 Å². The smallest absolute Gasteiger partial charge is 0.243 e. The molecule has 0 spiro atoms. The van der Waals surface area contributed by atoms with Crippen LogP contribution in [0.3, 0.4) is 0 Å². The molecule has 0 bridgehead atoms. The van der Waals surface area contributed by atoms with Gasteiger partial charge in [-0.2, -0.15) is 9.40 Å². The molecule has 0 saturated carbocycles. The minimum atomic E-state index is -3.39. The average molecular weight is 291 g/mol. The first-order valence-corrected chi connectivity index (χ1v) is 8.07. The van der Waals surface area contributed by atoms with Gasteiger partial charge in [-0.1, -0.05) is 17.7 Å². The lowest BCUT2D eigenvalue weighted by Crippen LogP contribution is -2.29. The predicted octanol–water partition coefficient (Wildman–Crippen LogP) is 1.83. The van der Waals surface area contributed by atoms with Gasteiger partial charge in [-0.25, -0.2) is 8.42 Å². The van der Waals surface area contributed by atoms with Crippen molar-refractivity contribution >= 4 is 10.0 Å². The van der Waals surface area contributed by atoms with E-state index < -0.39 is 10.0 Å². The Kier molecular flexibility index (Phi) is 3.35. The van der Waals surface area contributed by atoms with Crippen LogP contribution in [0.4, 0.5) is 0 Å². The van der Waals surface area contributed by atoms with Gasteiger partial charge in [-0.3, -0.25) is 4.68 Å². The first kappa shape index (κ1) is 13.3. The van der Waals surface area contributed by atoms with E-state index in [0.29, 0.717) is 18.0 Å². The van der Waals surface area contributed by atoms with Crippen molar-refractivity contribution in [1.29, 1.82) is 0 Å². The third-order valence-corrected chi connectivity index (χ3v) is 5.56. The van der Waals surface area contributed by atoms with E-state index in [0.717, 1.165) is 12.0 Å². The molecule has 1 aliphatic rings. The Hall–Kier alpha value is -1.66. The van der Waals surface area contributed by atoms with E-state index in [1.165, 1.54) is 0 Å². The van der Waals surface area contributed by atoms with Gasteiger partial charge in [0.05, 0.1) is 10.9 Å². The van der Waals surface area contributed by atoms with E-state index in [4.69, 9.17) is 0 Å². The zero-order valence-electron chi connectivity index (χ0n) is 11.3. The second-order valence-electron chi connectivity index (χ2n) is 5.10. The molecular weight excluding hydrogens is 274 g/mol. The molecule has 1 fully saturated rings. The minimum absolute atomic E-state index is 0.130. The summed E-state index contributed by atoms with van der Waals surface area (Å²) in [5.74, 6) is 0. The highest BCUT2D eigenvalue weighted by molar-refractivity contribution is 7.89. The van der Waals surface area contributed by atoms with Crippen LogP contribution in [0.2, 0.25) is 0 Å². The molecule has 0 amide bonds. The fraction of sp³-hybridized carbons (Fsp3) is 0.357. The fourth-order valence-electron chi connectivity index (χ4n) is 2.50. The van der Waals surface area contributed by atoms with Gasteiger partial charge in [0.15, 0.2) is 0 Å². The number of hydrogen-bond acceptors (Lipinski definition) is 3. The van der Waals surface area contributed by atoms with Gasteiger partial charge in [0.25, 0.3) is 0 Å². The van der Waals surface area contributed by atoms with Gasteiger partial charge in [-0.15, -0.1) is 0 Å². The Balaban J connectivity index is 1.81. The monoisotopic (exact) mass is 291 g/mol. The molecule has 1 unspecified atom stereocenters. The molecule has 20 heavy (non-hydrogen) atoms. The molecule has 1 saturated heterocycles. The van der Waals surface area contributed by atoms with Crippen molar-refractivity contribution in [1.82, 2.24) is 14.1 Å². The summed E-state index contributed by atoms with van der Waals surface area (Å²) in [5.41, 5.74) is 1.06. The first-order chi connectivity index (χ1) is 9.57. The van der Waals surface area contributed by atoms with Gasteiger partial charge in [0.2, 0.25) is 10.0 Å². The molecule has 6 heteroatoms. The highest BCUT2D eigenvalue weighted by Crippen LogP contribution is 2.26. The Morgan fingerprint density at radius 1 is 1.25 bits per heavy atom. The SMILES string of the molecule is Cc1ccc(S(=O)(=O)N2CCC(n3cccn3)C2)cc1. The second kappa shape index (κ2) is 5.03. The van der Waals surface area contributed by atoms with E-state index in [9.17, 15) is 8.42 Å². The van der Waals surface area contributed by atoms with Gasteiger partial charge in [0, 0.05) is 25.5 Å². The summed E-state index contributed by atoms with van der Waals surface area (Å²) in [7, 11) is -3.39. The molecule has 106 valence electrons. The number of aromatic nitrogens is 2. The number of hydrogen-bond donors (Lipinski definition) is 0. The molecule has 0 radical (unpaired) electrons. The largest absolute Gasteiger partial charge is 0.268 e. The molecule has 1 aromatic heterocycles. The van der Waals surface area contributed by atoms with Crippen molar-refractivity contribution in [2.24, 2.45) is 0 Å². The van der Waals surface area contributed by atoms with Crippen LogP contribution in [0.15, 0.2) is 47.6 Å². The van der Waals surface area contributed by atoms with Gasteiger partial charge in [0.1, 0.15) is 0 Å². The molecule has 5 nitrogen and oxygen atoms in total. The van der Waals surface area contributed by atoms with Gasteiger partial charge >= 0.3 is 0 Å². The molecule has 0 aliphatic carbocycles.